The van der Waals surface area contributed by atoms with Gasteiger partial charge in [0.2, 0.25) is 11.9 Å². The molecule has 2 heterocycles. The van der Waals surface area contributed by atoms with Crippen molar-refractivity contribution in [2.45, 2.75) is 33.4 Å². The van der Waals surface area contributed by atoms with Crippen molar-refractivity contribution in [2.75, 3.05) is 12.4 Å². The smallest absolute Gasteiger partial charge is 0.276 e. The van der Waals surface area contributed by atoms with Gasteiger partial charge in [0, 0.05) is 16.6 Å². The lowest BCUT2D eigenvalue weighted by molar-refractivity contribution is 0.0995. The highest BCUT2D eigenvalue weighted by atomic mass is 79.9. The molecule has 0 saturated carbocycles. The molecule has 0 aliphatic heterocycles. The van der Waals surface area contributed by atoms with Crippen LogP contribution in [0.5, 0.6) is 5.75 Å². The monoisotopic (exact) mass is 524 g/mol. The van der Waals surface area contributed by atoms with Crippen molar-refractivity contribution in [3.63, 3.8) is 0 Å². The van der Waals surface area contributed by atoms with E-state index in [4.69, 9.17) is 10.5 Å². The lowest BCUT2D eigenvalue weighted by atomic mass is 10.1. The third-order valence-corrected chi connectivity index (χ3v) is 6.18. The molecule has 176 valence electrons. The largest absolute Gasteiger partial charge is 0.494 e. The van der Waals surface area contributed by atoms with Gasteiger partial charge in [-0.3, -0.25) is 24.2 Å². The Bertz CT molecular complexity index is 1390. The summed E-state index contributed by atoms with van der Waals surface area (Å²) in [6.45, 7) is 6.31. The van der Waals surface area contributed by atoms with Crippen LogP contribution in [0.4, 0.5) is 5.95 Å². The minimum Gasteiger partial charge on any atom is -0.494 e. The molecule has 0 saturated heterocycles. The van der Waals surface area contributed by atoms with Crippen molar-refractivity contribution in [3.8, 4) is 5.75 Å². The van der Waals surface area contributed by atoms with Crippen molar-refractivity contribution in [2.24, 2.45) is 5.73 Å². The first kappa shape index (κ1) is 23.5. The highest BCUT2D eigenvalue weighted by Crippen LogP contribution is 2.35. The first-order valence-electron chi connectivity index (χ1n) is 10.7. The Morgan fingerprint density at radius 1 is 1.21 bits per heavy atom. The Balaban J connectivity index is 1.90. The number of ether oxygens (including phenoxy) is 1. The molecule has 0 aliphatic rings. The Hall–Kier alpha value is -3.66. The maximum atomic E-state index is 13.2. The summed E-state index contributed by atoms with van der Waals surface area (Å²) in [7, 11) is 1.52. The quantitative estimate of drug-likeness (QED) is 0.373. The number of primary amides is 1. The van der Waals surface area contributed by atoms with Crippen LogP contribution >= 0.6 is 15.9 Å². The van der Waals surface area contributed by atoms with Crippen molar-refractivity contribution in [3.05, 3.63) is 69.5 Å². The number of nitrogens with zero attached hydrogens (tertiary/aromatic N) is 4. The lowest BCUT2D eigenvalue weighted by Gasteiger charge is -2.19. The molecule has 34 heavy (non-hydrogen) atoms. The van der Waals surface area contributed by atoms with Gasteiger partial charge >= 0.3 is 0 Å². The number of hydrogen-bond acceptors (Lipinski definition) is 5. The highest BCUT2D eigenvalue weighted by molar-refractivity contribution is 9.10. The molecule has 1 unspecified atom stereocenters. The van der Waals surface area contributed by atoms with Crippen LogP contribution in [0.2, 0.25) is 0 Å². The van der Waals surface area contributed by atoms with E-state index in [0.29, 0.717) is 35.0 Å². The van der Waals surface area contributed by atoms with Crippen molar-refractivity contribution >= 4 is 44.7 Å². The number of fused-ring (bicyclic) bond motifs is 1. The number of hydrogen-bond donors (Lipinski definition) is 2. The molecule has 4 rings (SSSR count). The molecule has 4 aromatic rings. The van der Waals surface area contributed by atoms with Gasteiger partial charge in [-0.05, 0) is 56.7 Å². The number of nitrogens with one attached hydrogen (secondary N) is 1. The van der Waals surface area contributed by atoms with Gasteiger partial charge < -0.3 is 10.5 Å². The van der Waals surface area contributed by atoms with Gasteiger partial charge in [-0.1, -0.05) is 28.1 Å². The fourth-order valence-corrected chi connectivity index (χ4v) is 4.25. The molecule has 0 radical (unpaired) electrons. The van der Waals surface area contributed by atoms with E-state index < -0.39 is 5.91 Å². The normalized spacial score (nSPS) is 12.0. The number of carbonyl (C=O) groups is 2. The van der Waals surface area contributed by atoms with E-state index in [9.17, 15) is 9.59 Å². The van der Waals surface area contributed by atoms with Crippen LogP contribution in [0, 0.1) is 6.92 Å². The maximum absolute atomic E-state index is 13.2. The Kier molecular flexibility index (Phi) is 6.43. The van der Waals surface area contributed by atoms with Crippen LogP contribution in [-0.2, 0) is 6.54 Å². The lowest BCUT2D eigenvalue weighted by Crippen LogP contribution is -2.21. The number of amides is 2. The standard InChI is InChI=1S/C24H25BrN6O3/c1-5-30-19(10-13(2)29-30)23(33)28-24-27-18-11-16(22(26)32)12-20(34-4)21(18)31(24)14(3)15-6-8-17(25)9-7-15/h6-12,14H,5H2,1-4H3,(H2,26,32)(H,27,28,33). The number of nitrogens with two attached hydrogens (primary N) is 1. The number of imidazole rings is 1. The van der Waals surface area contributed by atoms with Gasteiger partial charge in [-0.2, -0.15) is 5.10 Å². The number of rotatable bonds is 7. The van der Waals surface area contributed by atoms with Gasteiger partial charge in [0.05, 0.1) is 24.4 Å². The first-order valence-corrected chi connectivity index (χ1v) is 11.5. The average molecular weight is 525 g/mol. The van der Waals surface area contributed by atoms with Gasteiger partial charge in [0.15, 0.2) is 0 Å². The number of carbonyl (C=O) groups excluding carboxylic acids is 2. The third-order valence-electron chi connectivity index (χ3n) is 5.65. The van der Waals surface area contributed by atoms with Crippen LogP contribution in [0.1, 0.15) is 52.0 Å². The molecule has 2 aromatic carbocycles. The predicted molar refractivity (Wildman–Crippen MR) is 133 cm³/mol. The summed E-state index contributed by atoms with van der Waals surface area (Å²) in [5.41, 5.74) is 9.07. The molecule has 0 fully saturated rings. The summed E-state index contributed by atoms with van der Waals surface area (Å²) >= 11 is 3.47. The van der Waals surface area contributed by atoms with Crippen LogP contribution in [0.25, 0.3) is 11.0 Å². The van der Waals surface area contributed by atoms with Crippen molar-refractivity contribution in [1.29, 1.82) is 0 Å². The van der Waals surface area contributed by atoms with E-state index in [1.807, 2.05) is 49.6 Å². The van der Waals surface area contributed by atoms with E-state index in [0.717, 1.165) is 15.7 Å². The molecule has 9 nitrogen and oxygen atoms in total. The fraction of sp³-hybridized carbons (Fsp3) is 0.250. The van der Waals surface area contributed by atoms with E-state index in [1.165, 1.54) is 7.11 Å². The van der Waals surface area contributed by atoms with Crippen LogP contribution in [0.3, 0.4) is 0 Å². The van der Waals surface area contributed by atoms with Gasteiger partial charge in [0.1, 0.15) is 17.0 Å². The SMILES string of the molecule is CCn1nc(C)cc1C(=O)Nc1nc2cc(C(N)=O)cc(OC)c2n1C(C)c1ccc(Br)cc1. The molecule has 0 aliphatic carbocycles. The van der Waals surface area contributed by atoms with Crippen molar-refractivity contribution in [1.82, 2.24) is 19.3 Å². The fourth-order valence-electron chi connectivity index (χ4n) is 3.98. The number of aromatic nitrogens is 4. The zero-order chi connectivity index (χ0) is 24.6. The molecule has 2 amide bonds. The number of benzene rings is 2. The number of halogens is 1. The Labute approximate surface area is 205 Å². The summed E-state index contributed by atoms with van der Waals surface area (Å²) in [6, 6.07) is 12.6. The number of aryl methyl sites for hydroxylation is 2. The second-order valence-corrected chi connectivity index (χ2v) is 8.80. The second kappa shape index (κ2) is 9.30. The molecule has 2 aromatic heterocycles. The van der Waals surface area contributed by atoms with Gasteiger partial charge in [-0.25, -0.2) is 4.98 Å². The van der Waals surface area contributed by atoms with Gasteiger partial charge in [-0.15, -0.1) is 0 Å². The van der Waals surface area contributed by atoms with E-state index in [-0.39, 0.29) is 17.5 Å². The van der Waals surface area contributed by atoms with Crippen molar-refractivity contribution < 1.29 is 14.3 Å². The summed E-state index contributed by atoms with van der Waals surface area (Å²) in [6.07, 6.45) is 0. The average Bonchev–Trinajstić information content (AvgIpc) is 3.38. The zero-order valence-corrected chi connectivity index (χ0v) is 20.9. The number of anilines is 1. The molecular formula is C24H25BrN6O3. The minimum absolute atomic E-state index is 0.223. The van der Waals surface area contributed by atoms with Crippen LogP contribution in [-0.4, -0.2) is 38.3 Å². The van der Waals surface area contributed by atoms with Gasteiger partial charge in [0.25, 0.3) is 5.91 Å². The molecular weight excluding hydrogens is 500 g/mol. The predicted octanol–water partition coefficient (Wildman–Crippen LogP) is 4.29. The summed E-state index contributed by atoms with van der Waals surface area (Å²) in [4.78, 5) is 29.8. The van der Waals surface area contributed by atoms with Crippen LogP contribution < -0.4 is 15.8 Å². The van der Waals surface area contributed by atoms with E-state index >= 15 is 0 Å². The molecule has 3 N–H and O–H groups in total. The first-order chi connectivity index (χ1) is 16.2. The maximum Gasteiger partial charge on any atom is 0.276 e. The number of methoxy groups -OCH3 is 1. The zero-order valence-electron chi connectivity index (χ0n) is 19.3. The highest BCUT2D eigenvalue weighted by Gasteiger charge is 2.24. The summed E-state index contributed by atoms with van der Waals surface area (Å²) < 4.78 is 10.1. The molecule has 1 atom stereocenters. The Morgan fingerprint density at radius 2 is 1.91 bits per heavy atom. The van der Waals surface area contributed by atoms with Crippen LogP contribution in [0.15, 0.2) is 46.9 Å². The minimum atomic E-state index is -0.594. The topological polar surface area (TPSA) is 117 Å². The summed E-state index contributed by atoms with van der Waals surface area (Å²) in [5.74, 6) is -0.186. The molecule has 0 spiro atoms. The molecule has 10 heteroatoms. The third kappa shape index (κ3) is 4.28. The Morgan fingerprint density at radius 3 is 2.53 bits per heavy atom. The second-order valence-electron chi connectivity index (χ2n) is 7.88. The molecule has 0 bridgehead atoms. The summed E-state index contributed by atoms with van der Waals surface area (Å²) in [5, 5.41) is 7.30. The van der Waals surface area contributed by atoms with E-state index in [2.05, 4.69) is 31.3 Å². The van der Waals surface area contributed by atoms with E-state index in [1.54, 1.807) is 22.9 Å².